The van der Waals surface area contributed by atoms with Crippen LogP contribution in [-0.2, 0) is 6.61 Å². The molecule has 2 N–H and O–H groups in total. The number of hydrogen-bond acceptors (Lipinski definition) is 2. The van der Waals surface area contributed by atoms with E-state index in [-0.39, 0.29) is 24.7 Å². The van der Waals surface area contributed by atoms with E-state index in [0.717, 1.165) is 5.56 Å². The number of benzene rings is 1. The van der Waals surface area contributed by atoms with Crippen molar-refractivity contribution >= 4 is 0 Å². The molecule has 0 saturated carbocycles. The first kappa shape index (κ1) is 10.2. The molecule has 0 heterocycles. The highest BCUT2D eigenvalue weighted by atomic mass is 19.1. The Morgan fingerprint density at radius 1 is 1.38 bits per heavy atom. The molecule has 0 fully saturated rings. The van der Waals surface area contributed by atoms with Crippen LogP contribution < -0.4 is 0 Å². The number of halogens is 1. The average Bonchev–Trinajstić information content (AvgIpc) is 2.17. The summed E-state index contributed by atoms with van der Waals surface area (Å²) in [4.78, 5) is 0. The summed E-state index contributed by atoms with van der Waals surface area (Å²) < 4.78 is 12.9. The average molecular weight is 184 g/mol. The van der Waals surface area contributed by atoms with Crippen LogP contribution in [0.2, 0.25) is 0 Å². The fraction of sp³-hybridized carbons (Fsp3) is 0.400. The standard InChI is InChI=1S/C10H13FO2/c1-7(5-12)8-2-3-10(11)9(4-8)6-13/h2-4,7,12-13H,5-6H2,1H3. The van der Waals surface area contributed by atoms with Gasteiger partial charge in [-0.25, -0.2) is 4.39 Å². The largest absolute Gasteiger partial charge is 0.396 e. The molecule has 0 aliphatic heterocycles. The van der Waals surface area contributed by atoms with Gasteiger partial charge in [-0.2, -0.15) is 0 Å². The van der Waals surface area contributed by atoms with E-state index in [9.17, 15) is 4.39 Å². The summed E-state index contributed by atoms with van der Waals surface area (Å²) in [5.41, 5.74) is 1.12. The monoisotopic (exact) mass is 184 g/mol. The topological polar surface area (TPSA) is 40.5 Å². The maximum Gasteiger partial charge on any atom is 0.128 e. The summed E-state index contributed by atoms with van der Waals surface area (Å²) in [7, 11) is 0. The molecule has 0 aliphatic carbocycles. The van der Waals surface area contributed by atoms with Crippen LogP contribution >= 0.6 is 0 Å². The van der Waals surface area contributed by atoms with Gasteiger partial charge in [0.1, 0.15) is 5.82 Å². The normalized spacial score (nSPS) is 12.9. The SMILES string of the molecule is CC(CO)c1ccc(F)c(CO)c1. The van der Waals surface area contributed by atoms with Gasteiger partial charge < -0.3 is 10.2 Å². The van der Waals surface area contributed by atoms with Crippen LogP contribution in [0.3, 0.4) is 0 Å². The molecule has 72 valence electrons. The lowest BCUT2D eigenvalue weighted by Gasteiger charge is -2.09. The number of rotatable bonds is 3. The van der Waals surface area contributed by atoms with Crippen LogP contribution in [0.1, 0.15) is 24.0 Å². The molecule has 1 aromatic rings. The first-order valence-corrected chi connectivity index (χ1v) is 4.19. The zero-order chi connectivity index (χ0) is 9.84. The third-order valence-corrected chi connectivity index (χ3v) is 2.08. The Bertz CT molecular complexity index is 286. The van der Waals surface area contributed by atoms with Crippen LogP contribution in [0.4, 0.5) is 4.39 Å². The molecule has 0 spiro atoms. The maximum atomic E-state index is 12.9. The van der Waals surface area contributed by atoms with Crippen molar-refractivity contribution in [1.82, 2.24) is 0 Å². The number of aliphatic hydroxyl groups is 2. The van der Waals surface area contributed by atoms with Crippen LogP contribution in [0.5, 0.6) is 0 Å². The van der Waals surface area contributed by atoms with Crippen LogP contribution in [-0.4, -0.2) is 16.8 Å². The molecule has 0 bridgehead atoms. The summed E-state index contributed by atoms with van der Waals surface area (Å²) in [6.07, 6.45) is 0. The lowest BCUT2D eigenvalue weighted by Crippen LogP contribution is -2.01. The molecule has 2 nitrogen and oxygen atoms in total. The third kappa shape index (κ3) is 2.26. The van der Waals surface area contributed by atoms with Gasteiger partial charge >= 0.3 is 0 Å². The highest BCUT2D eigenvalue weighted by molar-refractivity contribution is 5.27. The number of aliphatic hydroxyl groups excluding tert-OH is 2. The van der Waals surface area contributed by atoms with Gasteiger partial charge in [0.05, 0.1) is 6.61 Å². The smallest absolute Gasteiger partial charge is 0.128 e. The van der Waals surface area contributed by atoms with Crippen molar-refractivity contribution in [2.45, 2.75) is 19.4 Å². The van der Waals surface area contributed by atoms with Gasteiger partial charge in [-0.3, -0.25) is 0 Å². The quantitative estimate of drug-likeness (QED) is 0.745. The summed E-state index contributed by atoms with van der Waals surface area (Å²) in [5.74, 6) is -0.428. The molecular formula is C10H13FO2. The summed E-state index contributed by atoms with van der Waals surface area (Å²) >= 11 is 0. The van der Waals surface area contributed by atoms with E-state index in [1.165, 1.54) is 6.07 Å². The first-order chi connectivity index (χ1) is 6.19. The van der Waals surface area contributed by atoms with Crippen LogP contribution in [0.15, 0.2) is 18.2 Å². The molecule has 0 aromatic heterocycles. The predicted octanol–water partition coefficient (Wildman–Crippen LogP) is 1.41. The summed E-state index contributed by atoms with van der Waals surface area (Å²) in [6, 6.07) is 4.51. The van der Waals surface area contributed by atoms with Crippen LogP contribution in [0, 0.1) is 5.82 Å². The molecule has 0 aliphatic rings. The van der Waals surface area contributed by atoms with Crippen molar-refractivity contribution < 1.29 is 14.6 Å². The van der Waals surface area contributed by atoms with Gasteiger partial charge in [0.15, 0.2) is 0 Å². The third-order valence-electron chi connectivity index (χ3n) is 2.08. The van der Waals surface area contributed by atoms with E-state index in [0.29, 0.717) is 0 Å². The van der Waals surface area contributed by atoms with Crippen molar-refractivity contribution in [3.8, 4) is 0 Å². The molecule has 13 heavy (non-hydrogen) atoms. The van der Waals surface area contributed by atoms with Gasteiger partial charge in [0.2, 0.25) is 0 Å². The van der Waals surface area contributed by atoms with E-state index in [2.05, 4.69) is 0 Å². The minimum absolute atomic E-state index is 0.0223. The molecule has 3 heteroatoms. The Morgan fingerprint density at radius 2 is 2.08 bits per heavy atom. The second kappa shape index (κ2) is 4.35. The molecule has 1 unspecified atom stereocenters. The maximum absolute atomic E-state index is 12.9. The van der Waals surface area contributed by atoms with E-state index in [4.69, 9.17) is 10.2 Å². The van der Waals surface area contributed by atoms with Crippen molar-refractivity contribution in [3.05, 3.63) is 35.1 Å². The van der Waals surface area contributed by atoms with E-state index in [1.54, 1.807) is 12.1 Å². The zero-order valence-electron chi connectivity index (χ0n) is 7.50. The minimum atomic E-state index is -0.406. The van der Waals surface area contributed by atoms with Gasteiger partial charge in [0.25, 0.3) is 0 Å². The molecule has 0 radical (unpaired) electrons. The molecule has 1 aromatic carbocycles. The molecule has 0 amide bonds. The summed E-state index contributed by atoms with van der Waals surface area (Å²) in [5, 5.41) is 17.7. The Morgan fingerprint density at radius 3 is 2.62 bits per heavy atom. The van der Waals surface area contributed by atoms with Crippen molar-refractivity contribution in [1.29, 1.82) is 0 Å². The fourth-order valence-corrected chi connectivity index (χ4v) is 1.13. The Labute approximate surface area is 76.6 Å². The van der Waals surface area contributed by atoms with E-state index in [1.807, 2.05) is 6.92 Å². The fourth-order valence-electron chi connectivity index (χ4n) is 1.13. The van der Waals surface area contributed by atoms with Crippen LogP contribution in [0.25, 0.3) is 0 Å². The van der Waals surface area contributed by atoms with Crippen molar-refractivity contribution in [3.63, 3.8) is 0 Å². The number of hydrogen-bond donors (Lipinski definition) is 2. The van der Waals surface area contributed by atoms with Gasteiger partial charge in [0, 0.05) is 18.1 Å². The molecular weight excluding hydrogens is 171 g/mol. The van der Waals surface area contributed by atoms with Crippen molar-refractivity contribution in [2.75, 3.05) is 6.61 Å². The predicted molar refractivity (Wildman–Crippen MR) is 47.8 cm³/mol. The Hall–Kier alpha value is -0.930. The zero-order valence-corrected chi connectivity index (χ0v) is 7.50. The molecule has 1 rings (SSSR count). The first-order valence-electron chi connectivity index (χ1n) is 4.19. The van der Waals surface area contributed by atoms with Crippen molar-refractivity contribution in [2.24, 2.45) is 0 Å². The van der Waals surface area contributed by atoms with Gasteiger partial charge in [-0.1, -0.05) is 19.1 Å². The Balaban J connectivity index is 2.99. The lowest BCUT2D eigenvalue weighted by molar-refractivity contribution is 0.269. The molecule has 0 saturated heterocycles. The minimum Gasteiger partial charge on any atom is -0.396 e. The van der Waals surface area contributed by atoms with E-state index >= 15 is 0 Å². The second-order valence-electron chi connectivity index (χ2n) is 3.09. The highest BCUT2D eigenvalue weighted by Gasteiger charge is 2.07. The van der Waals surface area contributed by atoms with E-state index < -0.39 is 5.82 Å². The Kier molecular flexibility index (Phi) is 3.39. The second-order valence-corrected chi connectivity index (χ2v) is 3.09. The lowest BCUT2D eigenvalue weighted by atomic mass is 10.00. The van der Waals surface area contributed by atoms with Gasteiger partial charge in [-0.05, 0) is 11.6 Å². The van der Waals surface area contributed by atoms with Gasteiger partial charge in [-0.15, -0.1) is 0 Å². The summed E-state index contributed by atoms with van der Waals surface area (Å²) in [6.45, 7) is 1.56. The highest BCUT2D eigenvalue weighted by Crippen LogP contribution is 2.18. The molecule has 1 atom stereocenters.